The summed E-state index contributed by atoms with van der Waals surface area (Å²) in [5, 5.41) is 3.53. The molecule has 0 radical (unpaired) electrons. The van der Waals surface area contributed by atoms with E-state index in [0.717, 1.165) is 88.7 Å². The average molecular weight is 874 g/mol. The van der Waals surface area contributed by atoms with Crippen LogP contribution in [-0.4, -0.2) is 28.7 Å². The van der Waals surface area contributed by atoms with Crippen molar-refractivity contribution in [2.75, 3.05) is 0 Å². The van der Waals surface area contributed by atoms with Crippen molar-refractivity contribution in [3.8, 4) is 45.3 Å². The van der Waals surface area contributed by atoms with Crippen LogP contribution in [0.4, 0.5) is 0 Å². The van der Waals surface area contributed by atoms with Crippen LogP contribution in [0.3, 0.4) is 0 Å². The zero-order chi connectivity index (χ0) is 34.9. The van der Waals surface area contributed by atoms with Crippen molar-refractivity contribution in [3.63, 3.8) is 0 Å². The van der Waals surface area contributed by atoms with Crippen molar-refractivity contribution in [3.05, 3.63) is 170 Å². The van der Waals surface area contributed by atoms with Crippen LogP contribution in [0.1, 0.15) is 0 Å². The van der Waals surface area contributed by atoms with Crippen LogP contribution < -0.4 is 4.74 Å². The molecule has 6 heterocycles. The molecule has 11 rings (SSSR count). The van der Waals surface area contributed by atoms with E-state index in [9.17, 15) is 0 Å². The fourth-order valence-electron chi connectivity index (χ4n) is 7.57. The third-order valence-electron chi connectivity index (χ3n) is 9.87. The fraction of sp³-hybridized carbons (Fsp3) is 0. The van der Waals surface area contributed by atoms with Crippen LogP contribution in [0.15, 0.2) is 158 Å². The van der Waals surface area contributed by atoms with E-state index in [1.54, 1.807) is 0 Å². The van der Waals surface area contributed by atoms with Crippen molar-refractivity contribution in [2.24, 2.45) is 0 Å². The molecular formula is C46H26N6OPt. The maximum atomic E-state index is 6.59. The molecule has 0 unspecified atom stereocenters. The van der Waals surface area contributed by atoms with Gasteiger partial charge < -0.3 is 13.5 Å². The first-order valence-corrected chi connectivity index (χ1v) is 17.4. The number of rotatable bonds is 5. The zero-order valence-electron chi connectivity index (χ0n) is 28.4. The third-order valence-corrected chi connectivity index (χ3v) is 9.87. The van der Waals surface area contributed by atoms with Crippen LogP contribution in [0.2, 0.25) is 0 Å². The number of benzene rings is 5. The number of imidazole rings is 2. The van der Waals surface area contributed by atoms with Crippen molar-refractivity contribution in [2.45, 2.75) is 0 Å². The van der Waals surface area contributed by atoms with Gasteiger partial charge in [-0.3, -0.25) is 19.9 Å². The van der Waals surface area contributed by atoms with Crippen LogP contribution in [0, 0.1) is 12.1 Å². The van der Waals surface area contributed by atoms with Gasteiger partial charge in [-0.1, -0.05) is 137 Å². The van der Waals surface area contributed by atoms with E-state index in [1.807, 2.05) is 97.5 Å². The smallest absolute Gasteiger partial charge is 0.497 e. The van der Waals surface area contributed by atoms with Gasteiger partial charge in [-0.25, -0.2) is 0 Å². The van der Waals surface area contributed by atoms with Crippen LogP contribution in [0.25, 0.3) is 88.7 Å². The molecular weight excluding hydrogens is 848 g/mol. The second-order valence-electron chi connectivity index (χ2n) is 12.9. The molecule has 11 aromatic rings. The number of pyridine rings is 4. The molecule has 0 saturated heterocycles. The molecule has 0 aliphatic heterocycles. The Labute approximate surface area is 323 Å². The summed E-state index contributed by atoms with van der Waals surface area (Å²) < 4.78 is 11.0. The van der Waals surface area contributed by atoms with Gasteiger partial charge in [-0.05, 0) is 35.4 Å². The standard InChI is InChI=1S/C46H26N6O.Pt/c1-4-12-29(13-5-1)40-28-49-45-36-26-32(20-22-34(36)42-38(51(40)45)18-10-24-47-42)53-33-21-23-35-37(27-33)46-50-41(30-14-6-2-7-15-30)44(31-16-8-3-9-17-31)52(46)39-19-11-25-48-43(35)39;/h1-25,28H;/q-2;+2. The predicted octanol–water partition coefficient (Wildman–Crippen LogP) is 10.8. The average Bonchev–Trinajstić information content (AvgIpc) is 3.86. The monoisotopic (exact) mass is 873 g/mol. The first-order valence-electron chi connectivity index (χ1n) is 17.4. The van der Waals surface area contributed by atoms with Crippen molar-refractivity contribution < 1.29 is 25.8 Å². The Kier molecular flexibility index (Phi) is 7.56. The molecule has 0 bridgehead atoms. The second-order valence-corrected chi connectivity index (χ2v) is 12.9. The molecule has 8 heteroatoms. The SMILES string of the molecule is [Pt+2].[c-]1c(Oc2[c-]c3c(cc2)c2ncccc2n2c(-c4ccccc4)c(-c4ccccc4)nc32)ccc2c1c1ncc(-c3ccccc3)n1c1cccnc21. The Morgan fingerprint density at radius 1 is 0.481 bits per heavy atom. The molecule has 6 aromatic heterocycles. The third kappa shape index (κ3) is 4.93. The van der Waals surface area contributed by atoms with E-state index in [1.165, 1.54) is 0 Å². The summed E-state index contributed by atoms with van der Waals surface area (Å²) in [5.41, 5.74) is 11.3. The maximum absolute atomic E-state index is 6.59. The van der Waals surface area contributed by atoms with Crippen molar-refractivity contribution in [1.29, 1.82) is 0 Å². The number of hydrogen-bond donors (Lipinski definition) is 0. The van der Waals surface area contributed by atoms with Crippen LogP contribution >= 0.6 is 0 Å². The van der Waals surface area contributed by atoms with Gasteiger partial charge in [-0.2, -0.15) is 0 Å². The minimum Gasteiger partial charge on any atom is -0.497 e. The minimum absolute atomic E-state index is 0. The summed E-state index contributed by atoms with van der Waals surface area (Å²) in [7, 11) is 0. The van der Waals surface area contributed by atoms with Gasteiger partial charge in [0.25, 0.3) is 0 Å². The Morgan fingerprint density at radius 2 is 1.02 bits per heavy atom. The Bertz CT molecular complexity index is 3200. The Hall–Kier alpha value is -6.69. The van der Waals surface area contributed by atoms with Gasteiger partial charge in [0, 0.05) is 35.7 Å². The summed E-state index contributed by atoms with van der Waals surface area (Å²) in [5.74, 6) is 1.09. The van der Waals surface area contributed by atoms with Crippen LogP contribution in [0.5, 0.6) is 11.5 Å². The first-order chi connectivity index (χ1) is 26.3. The van der Waals surface area contributed by atoms with Gasteiger partial charge in [0.1, 0.15) is 0 Å². The number of nitrogens with zero attached hydrogens (tertiary/aromatic N) is 6. The molecule has 0 aliphatic carbocycles. The van der Waals surface area contributed by atoms with Gasteiger partial charge in [0.05, 0.1) is 50.4 Å². The number of aromatic nitrogens is 6. The topological polar surface area (TPSA) is 69.6 Å². The van der Waals surface area contributed by atoms with E-state index in [4.69, 9.17) is 24.7 Å². The summed E-state index contributed by atoms with van der Waals surface area (Å²) in [6.45, 7) is 0. The summed E-state index contributed by atoms with van der Waals surface area (Å²) in [6, 6.07) is 54.2. The van der Waals surface area contributed by atoms with E-state index in [-0.39, 0.29) is 21.1 Å². The summed E-state index contributed by atoms with van der Waals surface area (Å²) in [6.07, 6.45) is 5.57. The van der Waals surface area contributed by atoms with Gasteiger partial charge in [-0.15, -0.1) is 12.1 Å². The molecule has 0 N–H and O–H groups in total. The second kappa shape index (κ2) is 12.8. The van der Waals surface area contributed by atoms with Crippen molar-refractivity contribution in [1.82, 2.24) is 28.7 Å². The molecule has 0 spiro atoms. The van der Waals surface area contributed by atoms with E-state index >= 15 is 0 Å². The van der Waals surface area contributed by atoms with E-state index in [2.05, 4.69) is 81.6 Å². The number of hydrogen-bond acceptors (Lipinski definition) is 5. The zero-order valence-corrected chi connectivity index (χ0v) is 30.7. The molecule has 5 aromatic carbocycles. The fourth-order valence-corrected chi connectivity index (χ4v) is 7.57. The summed E-state index contributed by atoms with van der Waals surface area (Å²) in [4.78, 5) is 19.9. The molecule has 0 saturated carbocycles. The van der Waals surface area contributed by atoms with Gasteiger partial charge in [0.15, 0.2) is 0 Å². The van der Waals surface area contributed by atoms with E-state index < -0.39 is 0 Å². The largest absolute Gasteiger partial charge is 2.00 e. The first kappa shape index (κ1) is 32.0. The minimum atomic E-state index is 0. The molecule has 0 fully saturated rings. The van der Waals surface area contributed by atoms with Crippen molar-refractivity contribution >= 4 is 54.9 Å². The Balaban J connectivity index is 0.00000361. The van der Waals surface area contributed by atoms with E-state index in [0.29, 0.717) is 11.5 Å². The molecule has 54 heavy (non-hydrogen) atoms. The van der Waals surface area contributed by atoms with Crippen LogP contribution in [-0.2, 0) is 21.1 Å². The predicted molar refractivity (Wildman–Crippen MR) is 210 cm³/mol. The molecule has 0 amide bonds. The molecule has 256 valence electrons. The normalized spacial score (nSPS) is 11.6. The van der Waals surface area contributed by atoms with Gasteiger partial charge in [0.2, 0.25) is 0 Å². The summed E-state index contributed by atoms with van der Waals surface area (Å²) >= 11 is 0. The number of fused-ring (bicyclic) bond motifs is 12. The maximum Gasteiger partial charge on any atom is 2.00 e. The molecule has 0 aliphatic rings. The number of ether oxygens (including phenoxy) is 1. The molecule has 0 atom stereocenters. The quantitative estimate of drug-likeness (QED) is 0.127. The Morgan fingerprint density at radius 3 is 1.63 bits per heavy atom. The molecule has 7 nitrogen and oxygen atoms in total. The van der Waals surface area contributed by atoms with Gasteiger partial charge >= 0.3 is 21.1 Å².